The van der Waals surface area contributed by atoms with E-state index >= 15 is 0 Å². The number of rotatable bonds is 5. The first-order valence-electron chi connectivity index (χ1n) is 10.6. The first-order valence-corrected chi connectivity index (χ1v) is 12.2. The van der Waals surface area contributed by atoms with Gasteiger partial charge in [0, 0.05) is 34.5 Å². The van der Waals surface area contributed by atoms with Crippen LogP contribution in [0.4, 0.5) is 0 Å². The molecule has 1 atom stereocenters. The maximum absolute atomic E-state index is 13.8. The summed E-state index contributed by atoms with van der Waals surface area (Å²) in [7, 11) is 0. The molecule has 5 nitrogen and oxygen atoms in total. The Bertz CT molecular complexity index is 1050. The monoisotopic (exact) mass is 490 g/mol. The van der Waals surface area contributed by atoms with Crippen LogP contribution in [0.15, 0.2) is 59.1 Å². The Balaban J connectivity index is 1.75. The normalized spacial score (nSPS) is 23.3. The number of allylic oxidation sites excluding steroid dienone is 1. The molecule has 0 saturated heterocycles. The van der Waals surface area contributed by atoms with Crippen LogP contribution in [0, 0.1) is 0 Å². The highest BCUT2D eigenvalue weighted by atomic mass is 35.5. The molecular formula is C24H24Cl2N2O3S. The van der Waals surface area contributed by atoms with Gasteiger partial charge in [0.05, 0.1) is 10.6 Å². The number of thioether (sulfide) groups is 1. The lowest BCUT2D eigenvalue weighted by molar-refractivity contribution is -0.131. The van der Waals surface area contributed by atoms with Crippen molar-refractivity contribution in [3.63, 3.8) is 0 Å². The molecule has 1 aliphatic heterocycles. The summed E-state index contributed by atoms with van der Waals surface area (Å²) in [5.41, 5.74) is 8.00. The third-order valence-corrected chi connectivity index (χ3v) is 7.96. The quantitative estimate of drug-likeness (QED) is 0.546. The molecule has 2 aromatic carbocycles. The first-order chi connectivity index (χ1) is 15.3. The van der Waals surface area contributed by atoms with Crippen LogP contribution in [-0.4, -0.2) is 34.0 Å². The molecule has 2 aliphatic rings. The summed E-state index contributed by atoms with van der Waals surface area (Å²) in [6.07, 6.45) is 3.46. The zero-order chi connectivity index (χ0) is 22.8. The zero-order valence-electron chi connectivity index (χ0n) is 17.3. The second-order valence-electron chi connectivity index (χ2n) is 8.17. The molecule has 0 radical (unpaired) electrons. The van der Waals surface area contributed by atoms with E-state index in [1.807, 2.05) is 30.3 Å². The highest BCUT2D eigenvalue weighted by molar-refractivity contribution is 8.04. The number of hydrogen-bond donors (Lipinski definition) is 2. The van der Waals surface area contributed by atoms with Crippen molar-refractivity contribution in [2.24, 2.45) is 5.73 Å². The van der Waals surface area contributed by atoms with Gasteiger partial charge >= 0.3 is 5.97 Å². The smallest absolute Gasteiger partial charge is 0.343 e. The third kappa shape index (κ3) is 4.84. The fourth-order valence-corrected chi connectivity index (χ4v) is 6.14. The van der Waals surface area contributed by atoms with Crippen LogP contribution in [0.1, 0.15) is 53.3 Å². The van der Waals surface area contributed by atoms with Gasteiger partial charge in [0.15, 0.2) is 0 Å². The van der Waals surface area contributed by atoms with Gasteiger partial charge in [0.25, 0.3) is 5.91 Å². The molecule has 1 fully saturated rings. The van der Waals surface area contributed by atoms with E-state index in [1.165, 1.54) is 17.8 Å². The molecule has 3 N–H and O–H groups in total. The van der Waals surface area contributed by atoms with Crippen molar-refractivity contribution in [3.05, 3.63) is 80.3 Å². The molecular weight excluding hydrogens is 467 g/mol. The van der Waals surface area contributed by atoms with Gasteiger partial charge in [-0.3, -0.25) is 4.79 Å². The molecule has 0 aromatic heterocycles. The summed E-state index contributed by atoms with van der Waals surface area (Å²) in [5, 5.41) is 10.6. The third-order valence-electron chi connectivity index (χ3n) is 6.04. The Labute approximate surface area is 201 Å². The van der Waals surface area contributed by atoms with Crippen LogP contribution in [0.2, 0.25) is 10.0 Å². The molecule has 2 aromatic rings. The van der Waals surface area contributed by atoms with E-state index < -0.39 is 5.97 Å². The van der Waals surface area contributed by atoms with E-state index in [0.717, 1.165) is 31.2 Å². The predicted octanol–water partition coefficient (Wildman–Crippen LogP) is 5.88. The van der Waals surface area contributed by atoms with Crippen LogP contribution < -0.4 is 5.73 Å². The van der Waals surface area contributed by atoms with E-state index in [4.69, 9.17) is 28.9 Å². The second-order valence-corrected chi connectivity index (χ2v) is 10.2. The zero-order valence-corrected chi connectivity index (χ0v) is 19.7. The van der Waals surface area contributed by atoms with Gasteiger partial charge in [-0.1, -0.05) is 53.5 Å². The summed E-state index contributed by atoms with van der Waals surface area (Å²) in [5.74, 6) is -1.31. The lowest BCUT2D eigenvalue weighted by Gasteiger charge is -2.37. The molecule has 168 valence electrons. The summed E-state index contributed by atoms with van der Waals surface area (Å²) in [4.78, 5) is 27.9. The standard InChI is InChI=1S/C24H24Cl2N2O3S/c25-15-6-11-18(19(26)12-15)23(29)28(17-9-7-16(27)8-10-17)20-13-21(32-22(20)24(30)31)14-4-2-1-3-5-14/h1-6,11-12,16-17,21H,7-10,13,27H2,(H,30,31). The van der Waals surface area contributed by atoms with Crippen molar-refractivity contribution in [2.45, 2.75) is 49.4 Å². The lowest BCUT2D eigenvalue weighted by Crippen LogP contribution is -2.44. The van der Waals surface area contributed by atoms with Gasteiger partial charge < -0.3 is 15.7 Å². The van der Waals surface area contributed by atoms with Crippen molar-refractivity contribution in [2.75, 3.05) is 0 Å². The van der Waals surface area contributed by atoms with Crippen molar-refractivity contribution in [1.82, 2.24) is 4.90 Å². The molecule has 1 unspecified atom stereocenters. The van der Waals surface area contributed by atoms with Crippen LogP contribution in [0.3, 0.4) is 0 Å². The van der Waals surface area contributed by atoms with Crippen molar-refractivity contribution in [1.29, 1.82) is 0 Å². The SMILES string of the molecule is NC1CCC(N(C(=O)c2ccc(Cl)cc2Cl)C2=C(C(=O)O)SC(c3ccccc3)C2)CC1. The summed E-state index contributed by atoms with van der Waals surface area (Å²) < 4.78 is 0. The van der Waals surface area contributed by atoms with E-state index in [1.54, 1.807) is 17.0 Å². The lowest BCUT2D eigenvalue weighted by atomic mass is 9.89. The molecule has 32 heavy (non-hydrogen) atoms. The minimum atomic E-state index is -1.02. The maximum atomic E-state index is 13.8. The number of benzene rings is 2. The van der Waals surface area contributed by atoms with Crippen LogP contribution in [-0.2, 0) is 4.79 Å². The Morgan fingerprint density at radius 2 is 1.72 bits per heavy atom. The number of carbonyl (C=O) groups excluding carboxylic acids is 1. The Morgan fingerprint density at radius 1 is 1.03 bits per heavy atom. The van der Waals surface area contributed by atoms with Crippen molar-refractivity contribution >= 4 is 46.8 Å². The number of halogens is 2. The summed E-state index contributed by atoms with van der Waals surface area (Å²) >= 11 is 13.7. The Hall–Kier alpha value is -1.99. The summed E-state index contributed by atoms with van der Waals surface area (Å²) in [6, 6.07) is 14.5. The Kier molecular flexibility index (Phi) is 7.15. The van der Waals surface area contributed by atoms with Crippen molar-refractivity contribution < 1.29 is 14.7 Å². The number of carbonyl (C=O) groups is 2. The highest BCUT2D eigenvalue weighted by Gasteiger charge is 2.39. The van der Waals surface area contributed by atoms with Gasteiger partial charge in [-0.25, -0.2) is 4.79 Å². The van der Waals surface area contributed by atoms with E-state index in [9.17, 15) is 14.7 Å². The number of hydrogen-bond acceptors (Lipinski definition) is 4. The molecule has 1 aliphatic carbocycles. The molecule has 1 heterocycles. The molecule has 1 amide bonds. The number of carboxylic acid groups (broad SMARTS) is 1. The average Bonchev–Trinajstić information content (AvgIpc) is 3.21. The molecule has 8 heteroatoms. The van der Waals surface area contributed by atoms with Gasteiger partial charge in [0.2, 0.25) is 0 Å². The van der Waals surface area contributed by atoms with Gasteiger partial charge in [-0.15, -0.1) is 11.8 Å². The molecule has 0 spiro atoms. The first kappa shape index (κ1) is 23.2. The van der Waals surface area contributed by atoms with Crippen LogP contribution in [0.25, 0.3) is 0 Å². The summed E-state index contributed by atoms with van der Waals surface area (Å²) in [6.45, 7) is 0. The van der Waals surface area contributed by atoms with Crippen LogP contribution in [0.5, 0.6) is 0 Å². The molecule has 4 rings (SSSR count). The second kappa shape index (κ2) is 9.87. The van der Waals surface area contributed by atoms with Crippen molar-refractivity contribution in [3.8, 4) is 0 Å². The molecule has 1 saturated carbocycles. The van der Waals surface area contributed by atoms with Gasteiger partial charge in [-0.05, 0) is 49.4 Å². The maximum Gasteiger partial charge on any atom is 0.343 e. The number of aliphatic carboxylic acids is 1. The number of nitrogens with zero attached hydrogens (tertiary/aromatic N) is 1. The number of amides is 1. The highest BCUT2D eigenvalue weighted by Crippen LogP contribution is 2.50. The fraction of sp³-hybridized carbons (Fsp3) is 0.333. The van der Waals surface area contributed by atoms with E-state index in [2.05, 4.69) is 0 Å². The minimum Gasteiger partial charge on any atom is -0.477 e. The number of nitrogens with two attached hydrogens (primary N) is 1. The number of carboxylic acids is 1. The van der Waals surface area contributed by atoms with Gasteiger partial charge in [0.1, 0.15) is 4.91 Å². The predicted molar refractivity (Wildman–Crippen MR) is 129 cm³/mol. The average molecular weight is 491 g/mol. The molecule has 0 bridgehead atoms. The van der Waals surface area contributed by atoms with E-state index in [0.29, 0.717) is 22.7 Å². The fourth-order valence-electron chi connectivity index (χ4n) is 4.42. The largest absolute Gasteiger partial charge is 0.477 e. The topological polar surface area (TPSA) is 83.6 Å². The minimum absolute atomic E-state index is 0.0702. The Morgan fingerprint density at radius 3 is 2.34 bits per heavy atom. The van der Waals surface area contributed by atoms with E-state index in [-0.39, 0.29) is 33.2 Å². The van der Waals surface area contributed by atoms with Gasteiger partial charge in [-0.2, -0.15) is 0 Å². The van der Waals surface area contributed by atoms with Crippen LogP contribution >= 0.6 is 35.0 Å².